The van der Waals surface area contributed by atoms with Crippen LogP contribution in [0.1, 0.15) is 110 Å². The third kappa shape index (κ3) is 17.3. The van der Waals surface area contributed by atoms with Crippen molar-refractivity contribution >= 4 is 59.4 Å². The predicted octanol–water partition coefficient (Wildman–Crippen LogP) is 4.36. The van der Waals surface area contributed by atoms with Gasteiger partial charge in [-0.15, -0.1) is 0 Å². The Kier molecular flexibility index (Phi) is 22.2. The van der Waals surface area contributed by atoms with Crippen LogP contribution >= 0.6 is 0 Å². The fraction of sp³-hybridized carbons (Fsp3) is 0.645. The minimum atomic E-state index is -1.28. The van der Waals surface area contributed by atoms with E-state index in [1.807, 2.05) is 0 Å². The molecule has 4 N–H and O–H groups in total. The Morgan fingerprint density at radius 3 is 1.16 bits per heavy atom. The van der Waals surface area contributed by atoms with Crippen LogP contribution in [-0.4, -0.2) is 215 Å². The molecule has 90 heavy (non-hydrogen) atoms. The van der Waals surface area contributed by atoms with E-state index in [0.717, 1.165) is 34.1 Å². The van der Waals surface area contributed by atoms with E-state index in [4.69, 9.17) is 18.9 Å². The molecule has 0 spiro atoms. The monoisotopic (exact) mass is 1270 g/mol. The maximum Gasteiger partial charge on any atom is 0.410 e. The molecule has 0 radical (unpaired) electrons. The van der Waals surface area contributed by atoms with E-state index in [1.54, 1.807) is 83.1 Å². The number of benzene rings is 2. The average Bonchev–Trinajstić information content (AvgIpc) is 1.61. The number of likely N-dealkylation sites (N-methyl/N-ethyl adjacent to an activating group) is 2. The molecule has 28 heteroatoms. The second-order valence-electron chi connectivity index (χ2n) is 27.7. The van der Waals surface area contributed by atoms with Crippen molar-refractivity contribution in [2.45, 2.75) is 169 Å². The number of fused-ring (bicyclic) bond motifs is 2. The first-order chi connectivity index (χ1) is 41.6. The first-order valence-corrected chi connectivity index (χ1v) is 30.0. The van der Waals surface area contributed by atoms with Gasteiger partial charge in [0, 0.05) is 64.2 Å². The molecule has 4 aliphatic heterocycles. The largest absolute Gasteiger partial charge is 0.493 e. The normalized spacial score (nSPS) is 21.2. The molecule has 4 saturated heterocycles. The Morgan fingerprint density at radius 1 is 0.522 bits per heavy atom. The van der Waals surface area contributed by atoms with Crippen molar-refractivity contribution in [2.75, 3.05) is 66.6 Å². The second kappa shape index (κ2) is 28.1. The fourth-order valence-corrected chi connectivity index (χ4v) is 11.5. The SMILES string of the molecule is C[C@@H](C(=O)NC(C(=O)N1CC[C@@H]2[C@H]1[C@@H](COc1ccc(F)c(F)c1)CN2C(=O)CNC(=O)C(=O)NCC(=O)N1C[C@H](COc2ccc(F)c(F)c2)[C@@H]2[C@H]1CCN2C(=O)C(NC(=O)[C@H](C)N(C)C(=O)OC(C)(C)C)C(C)(C)C)C(C)(C)C)N(C)C(=O)OC(C)(C)C. The van der Waals surface area contributed by atoms with Gasteiger partial charge in [-0.2, -0.15) is 0 Å². The molecular weight excluding hydrogens is 1180 g/mol. The number of ether oxygens (including phenoxy) is 4. The average molecular weight is 1270 g/mol. The van der Waals surface area contributed by atoms with E-state index < -0.39 is 178 Å². The van der Waals surface area contributed by atoms with E-state index in [9.17, 15) is 65.5 Å². The van der Waals surface area contributed by atoms with Gasteiger partial charge >= 0.3 is 24.0 Å². The quantitative estimate of drug-likeness (QED) is 0.119. The van der Waals surface area contributed by atoms with E-state index in [-0.39, 0.29) is 63.7 Å². The van der Waals surface area contributed by atoms with Crippen LogP contribution in [0.3, 0.4) is 0 Å². The molecule has 2 aromatic rings. The van der Waals surface area contributed by atoms with Crippen LogP contribution in [0.25, 0.3) is 0 Å². The van der Waals surface area contributed by atoms with Crippen molar-refractivity contribution in [3.8, 4) is 11.5 Å². The molecular formula is C62H88F4N10O14. The summed E-state index contributed by atoms with van der Waals surface area (Å²) in [6.07, 6.45) is -1.06. The third-order valence-corrected chi connectivity index (χ3v) is 16.5. The number of nitrogens with one attached hydrogen (secondary N) is 4. The van der Waals surface area contributed by atoms with Crippen LogP contribution in [0.5, 0.6) is 11.5 Å². The van der Waals surface area contributed by atoms with Crippen molar-refractivity contribution in [2.24, 2.45) is 22.7 Å². The fourth-order valence-electron chi connectivity index (χ4n) is 11.5. The molecule has 6 rings (SSSR count). The van der Waals surface area contributed by atoms with Crippen molar-refractivity contribution in [3.63, 3.8) is 0 Å². The summed E-state index contributed by atoms with van der Waals surface area (Å²) in [7, 11) is 2.78. The summed E-state index contributed by atoms with van der Waals surface area (Å²) in [5.41, 5.74) is -3.51. The lowest BCUT2D eigenvalue weighted by Crippen LogP contribution is -2.60. The number of carbonyl (C=O) groups is 10. The molecule has 4 heterocycles. The lowest BCUT2D eigenvalue weighted by molar-refractivity contribution is -0.142. The van der Waals surface area contributed by atoms with Gasteiger partial charge in [-0.05, 0) is 103 Å². The number of likely N-dealkylation sites (tertiary alicyclic amines) is 4. The van der Waals surface area contributed by atoms with Crippen LogP contribution in [0.15, 0.2) is 36.4 Å². The van der Waals surface area contributed by atoms with Crippen molar-refractivity contribution in [1.82, 2.24) is 50.7 Å². The Hall–Kier alpha value is -7.94. The minimum Gasteiger partial charge on any atom is -0.493 e. The maximum absolute atomic E-state index is 14.8. The molecule has 2 unspecified atom stereocenters. The standard InChI is InChI=1S/C62H88F4N10O14/c1-33(71(15)57(85)89-61(9,10)11)51(79)69-49(59(3,4)5)55(83)73-23-21-43-47(73)35(31-87-37-17-19-39(63)41(65)25-37)29-75(43)45(77)27-67-53(81)54(82)68-28-46(78)76-30-36(32-88-38-18-20-40(64)42(66)26-38)48-44(76)22-24-74(48)56(84)50(60(6,7)8)70-52(80)34(2)72(16)58(86)90-62(12,13)14/h17-20,25-26,33-36,43-44,47-50H,21-24,27-32H2,1-16H3,(H,67,81)(H,68,82)(H,69,79)(H,70,80)/t33-,34-,35+,36+,43+,44+,47+,48+,49?,50?/m0/s1. The molecule has 24 nitrogen and oxygen atoms in total. The van der Waals surface area contributed by atoms with Gasteiger partial charge in [0.25, 0.3) is 0 Å². The Bertz CT molecular complexity index is 2860. The van der Waals surface area contributed by atoms with Crippen molar-refractivity contribution in [3.05, 3.63) is 59.7 Å². The van der Waals surface area contributed by atoms with Crippen molar-refractivity contribution in [1.29, 1.82) is 0 Å². The summed E-state index contributed by atoms with van der Waals surface area (Å²) in [5, 5.41) is 10.3. The van der Waals surface area contributed by atoms with Crippen molar-refractivity contribution < 1.29 is 84.5 Å². The summed E-state index contributed by atoms with van der Waals surface area (Å²) >= 11 is 0. The molecule has 10 atom stereocenters. The predicted molar refractivity (Wildman–Crippen MR) is 318 cm³/mol. The van der Waals surface area contributed by atoms with Gasteiger partial charge in [0.05, 0.1) is 50.5 Å². The number of hydrogen-bond donors (Lipinski definition) is 4. The molecule has 0 aliphatic carbocycles. The first-order valence-electron chi connectivity index (χ1n) is 30.0. The number of rotatable bonds is 18. The third-order valence-electron chi connectivity index (χ3n) is 16.5. The highest BCUT2D eigenvalue weighted by Gasteiger charge is 2.56. The van der Waals surface area contributed by atoms with Crippen LogP contribution in [0.2, 0.25) is 0 Å². The van der Waals surface area contributed by atoms with Gasteiger partial charge in [0.1, 0.15) is 46.9 Å². The number of halogens is 4. The summed E-state index contributed by atoms with van der Waals surface area (Å²) in [6, 6.07) is -1.47. The Labute approximate surface area is 522 Å². The van der Waals surface area contributed by atoms with Gasteiger partial charge in [-0.3, -0.25) is 48.2 Å². The van der Waals surface area contributed by atoms with Gasteiger partial charge in [0.15, 0.2) is 23.3 Å². The number of carbonyl (C=O) groups excluding carboxylic acids is 10. The summed E-state index contributed by atoms with van der Waals surface area (Å²) in [5.74, 6) is -12.2. The smallest absolute Gasteiger partial charge is 0.410 e. The molecule has 0 saturated carbocycles. The molecule has 0 aromatic heterocycles. The van der Waals surface area contributed by atoms with Gasteiger partial charge < -0.3 is 59.8 Å². The number of amides is 10. The minimum absolute atomic E-state index is 0.0329. The van der Waals surface area contributed by atoms with Gasteiger partial charge in [0.2, 0.25) is 35.4 Å². The molecule has 0 bridgehead atoms. The lowest BCUT2D eigenvalue weighted by atomic mass is 9.85. The number of hydrogen-bond acceptors (Lipinski definition) is 14. The van der Waals surface area contributed by atoms with Crippen LogP contribution in [0.4, 0.5) is 27.2 Å². The Morgan fingerprint density at radius 2 is 0.856 bits per heavy atom. The zero-order chi connectivity index (χ0) is 67.4. The highest BCUT2D eigenvalue weighted by atomic mass is 19.2. The van der Waals surface area contributed by atoms with E-state index in [1.165, 1.54) is 59.7 Å². The zero-order valence-corrected chi connectivity index (χ0v) is 54.2. The summed E-state index contributed by atoms with van der Waals surface area (Å²) in [6.45, 7) is 21.7. The molecule has 2 aromatic carbocycles. The summed E-state index contributed by atoms with van der Waals surface area (Å²) in [4.78, 5) is 146. The maximum atomic E-state index is 14.8. The van der Waals surface area contributed by atoms with Crippen LogP contribution < -0.4 is 30.7 Å². The lowest BCUT2D eigenvalue weighted by Gasteiger charge is -2.38. The second-order valence-corrected chi connectivity index (χ2v) is 27.7. The van der Waals surface area contributed by atoms with E-state index >= 15 is 0 Å². The highest BCUT2D eigenvalue weighted by molar-refractivity contribution is 6.35. The topological polar surface area (TPSA) is 275 Å². The van der Waals surface area contributed by atoms with Crippen LogP contribution in [-0.2, 0) is 47.8 Å². The van der Waals surface area contributed by atoms with Gasteiger partial charge in [-0.25, -0.2) is 27.2 Å². The number of nitrogens with zero attached hydrogens (tertiary/aromatic N) is 6. The summed E-state index contributed by atoms with van der Waals surface area (Å²) < 4.78 is 79.2. The van der Waals surface area contributed by atoms with E-state index in [0.29, 0.717) is 0 Å². The molecule has 498 valence electrons. The molecule has 4 aliphatic rings. The van der Waals surface area contributed by atoms with Crippen LogP contribution in [0, 0.1) is 45.9 Å². The zero-order valence-electron chi connectivity index (χ0n) is 54.2. The first kappa shape index (κ1) is 71.1. The highest BCUT2D eigenvalue weighted by Crippen LogP contribution is 2.40. The van der Waals surface area contributed by atoms with Gasteiger partial charge in [-0.1, -0.05) is 41.5 Å². The molecule has 10 amide bonds. The van der Waals surface area contributed by atoms with E-state index in [2.05, 4.69) is 21.3 Å². The molecule has 4 fully saturated rings. The Balaban J connectivity index is 1.13.